The van der Waals surface area contributed by atoms with Gasteiger partial charge in [0.15, 0.2) is 0 Å². The minimum Gasteiger partial charge on any atom is -0.398 e. The highest BCUT2D eigenvalue weighted by Gasteiger charge is 1.95. The highest BCUT2D eigenvalue weighted by molar-refractivity contribution is 5.65. The molecule has 63 valence electrons. The second kappa shape index (κ2) is 3.31. The van der Waals surface area contributed by atoms with Gasteiger partial charge in [0.25, 0.3) is 0 Å². The van der Waals surface area contributed by atoms with E-state index in [1.807, 2.05) is 48.5 Å². The molecule has 0 aliphatic heterocycles. The molecule has 0 amide bonds. The molecule has 0 spiro atoms. The van der Waals surface area contributed by atoms with Crippen molar-refractivity contribution in [1.29, 1.82) is 0 Å². The van der Waals surface area contributed by atoms with Crippen LogP contribution in [0.4, 0.5) is 5.69 Å². The van der Waals surface area contributed by atoms with Crippen molar-refractivity contribution in [3.8, 4) is 11.1 Å². The van der Waals surface area contributed by atoms with Crippen LogP contribution in [0.1, 0.15) is 0 Å². The molecule has 0 aromatic heterocycles. The van der Waals surface area contributed by atoms with E-state index in [9.17, 15) is 0 Å². The fraction of sp³-hybridized carbons (Fsp3) is 0. The summed E-state index contributed by atoms with van der Waals surface area (Å²) in [5.74, 6) is 0. The first kappa shape index (κ1) is 7.87. The van der Waals surface area contributed by atoms with E-state index in [0.29, 0.717) is 5.69 Å². The van der Waals surface area contributed by atoms with Crippen molar-refractivity contribution < 1.29 is 0 Å². The third-order valence-electron chi connectivity index (χ3n) is 1.90. The molecule has 2 rings (SSSR count). The van der Waals surface area contributed by atoms with E-state index in [2.05, 4.69) is 6.07 Å². The highest BCUT2D eigenvalue weighted by atomic mass is 14.5. The van der Waals surface area contributed by atoms with Crippen molar-refractivity contribution in [2.45, 2.75) is 0 Å². The summed E-state index contributed by atoms with van der Waals surface area (Å²) in [7, 11) is 0. The molecule has 2 N–H and O–H groups in total. The van der Waals surface area contributed by atoms with E-state index in [-0.39, 0.29) is 0 Å². The molecule has 2 aromatic rings. The van der Waals surface area contributed by atoms with E-state index in [4.69, 9.17) is 5.73 Å². The second-order valence-corrected chi connectivity index (χ2v) is 2.89. The van der Waals surface area contributed by atoms with Gasteiger partial charge in [0.05, 0.1) is 0 Å². The quantitative estimate of drug-likeness (QED) is 0.651. The Hall–Kier alpha value is -1.76. The molecule has 0 aliphatic rings. The van der Waals surface area contributed by atoms with Crippen molar-refractivity contribution in [3.63, 3.8) is 0 Å². The first-order chi connectivity index (χ1) is 6.36. The molecule has 0 fully saturated rings. The van der Waals surface area contributed by atoms with Gasteiger partial charge in [0.2, 0.25) is 0 Å². The van der Waals surface area contributed by atoms with Crippen LogP contribution in [0.5, 0.6) is 0 Å². The van der Waals surface area contributed by atoms with E-state index >= 15 is 0 Å². The maximum atomic E-state index is 5.64. The average molecular weight is 168 g/mol. The third kappa shape index (κ3) is 1.70. The number of benzene rings is 2. The van der Waals surface area contributed by atoms with Crippen molar-refractivity contribution in [1.82, 2.24) is 0 Å². The van der Waals surface area contributed by atoms with Crippen LogP contribution in [0.15, 0.2) is 48.5 Å². The van der Waals surface area contributed by atoms with Crippen molar-refractivity contribution in [2.75, 3.05) is 5.73 Å². The van der Waals surface area contributed by atoms with Crippen molar-refractivity contribution in [2.24, 2.45) is 0 Å². The summed E-state index contributed by atoms with van der Waals surface area (Å²) in [5.41, 5.74) is 8.51. The Morgan fingerprint density at radius 1 is 0.846 bits per heavy atom. The maximum Gasteiger partial charge on any atom is 0.0401 e. The van der Waals surface area contributed by atoms with Crippen LogP contribution in [0.2, 0.25) is 0 Å². The lowest BCUT2D eigenvalue weighted by Crippen LogP contribution is -1.85. The lowest BCUT2D eigenvalue weighted by Gasteiger charge is -2.00. The zero-order valence-corrected chi connectivity index (χ0v) is 7.20. The normalized spacial score (nSPS) is 9.85. The van der Waals surface area contributed by atoms with Crippen LogP contribution in [-0.2, 0) is 0 Å². The first-order valence-electron chi connectivity index (χ1n) is 4.19. The number of hydrogen-bond acceptors (Lipinski definition) is 1. The molecule has 0 unspecified atom stereocenters. The molecule has 1 radical (unpaired) electrons. The molecule has 1 heteroatoms. The number of rotatable bonds is 1. The Bertz CT molecular complexity index is 393. The Balaban J connectivity index is 2.48. The van der Waals surface area contributed by atoms with Crippen molar-refractivity contribution >= 4 is 5.69 Å². The van der Waals surface area contributed by atoms with Crippen LogP contribution in [0.3, 0.4) is 0 Å². The zero-order chi connectivity index (χ0) is 9.10. The molecule has 0 bridgehead atoms. The summed E-state index contributed by atoms with van der Waals surface area (Å²) >= 11 is 0. The predicted molar refractivity (Wildman–Crippen MR) is 55.1 cm³/mol. The molecule has 0 atom stereocenters. The minimum atomic E-state index is 0.682. The van der Waals surface area contributed by atoms with E-state index in [1.54, 1.807) is 0 Å². The molecule has 1 nitrogen and oxygen atoms in total. The molecule has 0 saturated heterocycles. The minimum absolute atomic E-state index is 0.682. The molecule has 0 aliphatic carbocycles. The zero-order valence-electron chi connectivity index (χ0n) is 7.20. The van der Waals surface area contributed by atoms with Gasteiger partial charge in [0, 0.05) is 11.8 Å². The van der Waals surface area contributed by atoms with Gasteiger partial charge < -0.3 is 5.73 Å². The lowest BCUT2D eigenvalue weighted by molar-refractivity contribution is 1.60. The van der Waals surface area contributed by atoms with Crippen LogP contribution in [-0.4, -0.2) is 0 Å². The van der Waals surface area contributed by atoms with Gasteiger partial charge in [0.1, 0.15) is 0 Å². The smallest absolute Gasteiger partial charge is 0.0401 e. The standard InChI is InChI=1S/C12H10N/c13-12-8-4-7-11(9-12)10-5-2-1-3-6-10/h1-8H,13H2. The Morgan fingerprint density at radius 3 is 2.31 bits per heavy atom. The Kier molecular flexibility index (Phi) is 2.01. The van der Waals surface area contributed by atoms with Gasteiger partial charge in [-0.25, -0.2) is 0 Å². The summed E-state index contributed by atoms with van der Waals surface area (Å²) in [6.45, 7) is 0. The Morgan fingerprint density at radius 2 is 1.62 bits per heavy atom. The molecular weight excluding hydrogens is 158 g/mol. The van der Waals surface area contributed by atoms with Gasteiger partial charge in [-0.15, -0.1) is 0 Å². The summed E-state index contributed by atoms with van der Waals surface area (Å²) in [5, 5.41) is 0. The van der Waals surface area contributed by atoms with Crippen LogP contribution in [0, 0.1) is 6.07 Å². The molecule has 0 saturated carbocycles. The summed E-state index contributed by atoms with van der Waals surface area (Å²) < 4.78 is 0. The fourth-order valence-electron chi connectivity index (χ4n) is 1.27. The summed E-state index contributed by atoms with van der Waals surface area (Å²) in [6.07, 6.45) is 0. The van der Waals surface area contributed by atoms with Gasteiger partial charge in [-0.2, -0.15) is 0 Å². The SMILES string of the molecule is Nc1[c]c(-c2ccccc2)ccc1. The van der Waals surface area contributed by atoms with E-state index < -0.39 is 0 Å². The molecular formula is C12H10N. The Labute approximate surface area is 77.8 Å². The largest absolute Gasteiger partial charge is 0.398 e. The van der Waals surface area contributed by atoms with Gasteiger partial charge in [-0.05, 0) is 17.2 Å². The number of hydrogen-bond donors (Lipinski definition) is 1. The summed E-state index contributed by atoms with van der Waals surface area (Å²) in [6, 6.07) is 19.0. The monoisotopic (exact) mass is 168 g/mol. The van der Waals surface area contributed by atoms with Gasteiger partial charge in [-0.3, -0.25) is 0 Å². The molecule has 2 aromatic carbocycles. The maximum absolute atomic E-state index is 5.64. The lowest BCUT2D eigenvalue weighted by atomic mass is 10.1. The average Bonchev–Trinajstić information content (AvgIpc) is 2.19. The topological polar surface area (TPSA) is 26.0 Å². The third-order valence-corrected chi connectivity index (χ3v) is 1.90. The fourth-order valence-corrected chi connectivity index (χ4v) is 1.27. The van der Waals surface area contributed by atoms with E-state index in [1.165, 1.54) is 0 Å². The second-order valence-electron chi connectivity index (χ2n) is 2.89. The first-order valence-corrected chi connectivity index (χ1v) is 4.19. The number of nitrogens with two attached hydrogens (primary N) is 1. The number of nitrogen functional groups attached to an aromatic ring is 1. The van der Waals surface area contributed by atoms with Crippen LogP contribution < -0.4 is 5.73 Å². The van der Waals surface area contributed by atoms with Crippen molar-refractivity contribution in [3.05, 3.63) is 54.6 Å². The molecule has 13 heavy (non-hydrogen) atoms. The van der Waals surface area contributed by atoms with Gasteiger partial charge >= 0.3 is 0 Å². The van der Waals surface area contributed by atoms with Crippen LogP contribution >= 0.6 is 0 Å². The number of anilines is 1. The highest BCUT2D eigenvalue weighted by Crippen LogP contribution is 2.19. The molecule has 0 heterocycles. The van der Waals surface area contributed by atoms with E-state index in [0.717, 1.165) is 11.1 Å². The predicted octanol–water partition coefficient (Wildman–Crippen LogP) is 2.74. The summed E-state index contributed by atoms with van der Waals surface area (Å²) in [4.78, 5) is 0. The van der Waals surface area contributed by atoms with Gasteiger partial charge in [-0.1, -0.05) is 42.5 Å². The van der Waals surface area contributed by atoms with Crippen LogP contribution in [0.25, 0.3) is 11.1 Å².